The number of carbonyl (C=O) groups is 2. The van der Waals surface area contributed by atoms with Crippen molar-refractivity contribution < 1.29 is 23.5 Å². The third-order valence-electron chi connectivity index (χ3n) is 4.65. The van der Waals surface area contributed by atoms with Crippen LogP contribution in [0.25, 0.3) is 0 Å². The van der Waals surface area contributed by atoms with Crippen LogP contribution in [-0.2, 0) is 16.1 Å². The van der Waals surface area contributed by atoms with Gasteiger partial charge >= 0.3 is 5.97 Å². The summed E-state index contributed by atoms with van der Waals surface area (Å²) in [5.74, 6) is -0.757. The molecule has 2 heterocycles. The Morgan fingerprint density at radius 3 is 2.54 bits per heavy atom. The van der Waals surface area contributed by atoms with E-state index in [1.165, 1.54) is 6.26 Å². The van der Waals surface area contributed by atoms with E-state index in [-0.39, 0.29) is 35.9 Å². The summed E-state index contributed by atoms with van der Waals surface area (Å²) >= 11 is 0. The van der Waals surface area contributed by atoms with Crippen molar-refractivity contribution in [3.05, 3.63) is 64.2 Å². The van der Waals surface area contributed by atoms with Crippen molar-refractivity contribution in [3.8, 4) is 5.75 Å². The summed E-state index contributed by atoms with van der Waals surface area (Å²) in [5, 5.41) is 0. The fraction of sp³-hybridized carbons (Fsp3) is 0.381. The Labute approximate surface area is 162 Å². The first kappa shape index (κ1) is 19.7. The molecule has 3 rings (SSSR count). The van der Waals surface area contributed by atoms with Gasteiger partial charge in [0.15, 0.2) is 5.76 Å². The largest absolute Gasteiger partial charge is 0.482 e. The molecule has 1 fully saturated rings. The van der Waals surface area contributed by atoms with Gasteiger partial charge in [-0.2, -0.15) is 0 Å². The average molecular weight is 385 g/mol. The summed E-state index contributed by atoms with van der Waals surface area (Å²) in [6.07, 6.45) is 2.24. The number of benzene rings is 1. The molecular formula is C21H23NO6. The van der Waals surface area contributed by atoms with Crippen LogP contribution in [-0.4, -0.2) is 36.5 Å². The second kappa shape index (κ2) is 9.21. The molecule has 7 heteroatoms. The number of likely N-dealkylation sites (tertiary alicyclic amines) is 1. The van der Waals surface area contributed by atoms with E-state index in [9.17, 15) is 14.4 Å². The second-order valence-corrected chi connectivity index (χ2v) is 6.57. The number of piperidine rings is 1. The molecule has 1 aromatic heterocycles. The van der Waals surface area contributed by atoms with E-state index in [0.717, 1.165) is 11.6 Å². The van der Waals surface area contributed by atoms with Crippen LogP contribution in [0.15, 0.2) is 51.9 Å². The molecular weight excluding hydrogens is 362 g/mol. The van der Waals surface area contributed by atoms with Crippen LogP contribution in [0.4, 0.5) is 0 Å². The van der Waals surface area contributed by atoms with Crippen LogP contribution in [0.5, 0.6) is 5.75 Å². The van der Waals surface area contributed by atoms with E-state index >= 15 is 0 Å². The molecule has 1 aliphatic rings. The Morgan fingerprint density at radius 1 is 1.18 bits per heavy atom. The lowest BCUT2D eigenvalue weighted by molar-refractivity contribution is -0.149. The van der Waals surface area contributed by atoms with E-state index in [1.807, 2.05) is 30.3 Å². The van der Waals surface area contributed by atoms with Crippen molar-refractivity contribution in [3.63, 3.8) is 0 Å². The van der Waals surface area contributed by atoms with Crippen LogP contribution in [0.2, 0.25) is 0 Å². The van der Waals surface area contributed by atoms with Gasteiger partial charge in [-0.3, -0.25) is 14.4 Å². The van der Waals surface area contributed by atoms with E-state index in [0.29, 0.717) is 32.5 Å². The molecule has 28 heavy (non-hydrogen) atoms. The highest BCUT2D eigenvalue weighted by molar-refractivity contribution is 5.91. The van der Waals surface area contributed by atoms with E-state index in [1.54, 1.807) is 11.8 Å². The van der Waals surface area contributed by atoms with Gasteiger partial charge < -0.3 is 18.8 Å². The Bertz CT molecular complexity index is 868. The molecule has 0 aliphatic carbocycles. The minimum atomic E-state index is -0.410. The highest BCUT2D eigenvalue weighted by Crippen LogP contribution is 2.20. The monoisotopic (exact) mass is 385 g/mol. The summed E-state index contributed by atoms with van der Waals surface area (Å²) in [6.45, 7) is 3.18. The van der Waals surface area contributed by atoms with Gasteiger partial charge in [0.05, 0.1) is 12.5 Å². The minimum absolute atomic E-state index is 0.0355. The van der Waals surface area contributed by atoms with E-state index < -0.39 is 5.43 Å². The first-order valence-corrected chi connectivity index (χ1v) is 9.34. The van der Waals surface area contributed by atoms with Crippen LogP contribution in [0.3, 0.4) is 0 Å². The number of hydrogen-bond acceptors (Lipinski definition) is 6. The van der Waals surface area contributed by atoms with Gasteiger partial charge in [0.1, 0.15) is 12.9 Å². The summed E-state index contributed by atoms with van der Waals surface area (Å²) in [7, 11) is 0. The molecule has 0 atom stereocenters. The number of esters is 1. The van der Waals surface area contributed by atoms with E-state index in [2.05, 4.69) is 0 Å². The molecule has 2 aromatic rings. The van der Waals surface area contributed by atoms with Crippen molar-refractivity contribution >= 4 is 11.9 Å². The van der Waals surface area contributed by atoms with Gasteiger partial charge in [-0.15, -0.1) is 0 Å². The molecule has 0 radical (unpaired) electrons. The molecule has 7 nitrogen and oxygen atoms in total. The molecule has 1 aliphatic heterocycles. The van der Waals surface area contributed by atoms with Crippen molar-refractivity contribution in [2.24, 2.45) is 5.92 Å². The molecule has 0 N–H and O–H groups in total. The lowest BCUT2D eigenvalue weighted by Gasteiger charge is -2.30. The zero-order chi connectivity index (χ0) is 19.9. The summed E-state index contributed by atoms with van der Waals surface area (Å²) in [6, 6.07) is 10.6. The van der Waals surface area contributed by atoms with Gasteiger partial charge in [0, 0.05) is 19.2 Å². The van der Waals surface area contributed by atoms with Gasteiger partial charge in [0.25, 0.3) is 5.91 Å². The molecule has 0 spiro atoms. The quantitative estimate of drug-likeness (QED) is 0.711. The maximum Gasteiger partial charge on any atom is 0.309 e. The zero-order valence-corrected chi connectivity index (χ0v) is 15.8. The number of ether oxygens (including phenoxy) is 2. The van der Waals surface area contributed by atoms with Crippen LogP contribution in [0, 0.1) is 5.92 Å². The first-order valence-electron chi connectivity index (χ1n) is 9.34. The standard InChI is InChI=1S/C21H23NO6/c1-2-26-21(25)16-8-10-22(11-9-16)20(24)18-12-17(23)19(14-28-18)27-13-15-6-4-3-5-7-15/h3-7,12,14,16H,2,8-11,13H2,1H3. The Balaban J connectivity index is 1.58. The smallest absolute Gasteiger partial charge is 0.309 e. The lowest BCUT2D eigenvalue weighted by atomic mass is 9.97. The van der Waals surface area contributed by atoms with Crippen molar-refractivity contribution in [2.45, 2.75) is 26.4 Å². The van der Waals surface area contributed by atoms with E-state index in [4.69, 9.17) is 13.9 Å². The number of carbonyl (C=O) groups excluding carboxylic acids is 2. The van der Waals surface area contributed by atoms with Crippen molar-refractivity contribution in [1.29, 1.82) is 0 Å². The molecule has 1 aromatic carbocycles. The highest BCUT2D eigenvalue weighted by atomic mass is 16.5. The minimum Gasteiger partial charge on any atom is -0.482 e. The number of amides is 1. The van der Waals surface area contributed by atoms with Gasteiger partial charge in [-0.25, -0.2) is 0 Å². The Kier molecular flexibility index (Phi) is 6.47. The Morgan fingerprint density at radius 2 is 1.89 bits per heavy atom. The molecule has 0 bridgehead atoms. The second-order valence-electron chi connectivity index (χ2n) is 6.57. The highest BCUT2D eigenvalue weighted by Gasteiger charge is 2.29. The molecule has 0 saturated carbocycles. The van der Waals surface area contributed by atoms with Gasteiger partial charge in [-0.05, 0) is 25.3 Å². The summed E-state index contributed by atoms with van der Waals surface area (Å²) in [4.78, 5) is 38.2. The van der Waals surface area contributed by atoms with Crippen molar-refractivity contribution in [2.75, 3.05) is 19.7 Å². The molecule has 148 valence electrons. The van der Waals surface area contributed by atoms with Crippen LogP contribution < -0.4 is 10.2 Å². The first-order chi connectivity index (χ1) is 13.6. The van der Waals surface area contributed by atoms with Crippen molar-refractivity contribution in [1.82, 2.24) is 4.90 Å². The Hall–Kier alpha value is -3.09. The average Bonchev–Trinajstić information content (AvgIpc) is 2.73. The molecule has 1 saturated heterocycles. The summed E-state index contributed by atoms with van der Waals surface area (Å²) < 4.78 is 15.9. The zero-order valence-electron chi connectivity index (χ0n) is 15.8. The lowest BCUT2D eigenvalue weighted by Crippen LogP contribution is -2.40. The predicted octanol–water partition coefficient (Wildman–Crippen LogP) is 2.63. The third-order valence-corrected chi connectivity index (χ3v) is 4.65. The van der Waals surface area contributed by atoms with Gasteiger partial charge in [0.2, 0.25) is 11.2 Å². The van der Waals surface area contributed by atoms with Gasteiger partial charge in [-0.1, -0.05) is 30.3 Å². The molecule has 1 amide bonds. The third kappa shape index (κ3) is 4.79. The predicted molar refractivity (Wildman–Crippen MR) is 101 cm³/mol. The number of nitrogens with zero attached hydrogens (tertiary/aromatic N) is 1. The number of hydrogen-bond donors (Lipinski definition) is 0. The normalized spacial score (nSPS) is 14.5. The maximum absolute atomic E-state index is 12.6. The van der Waals surface area contributed by atoms with Crippen LogP contribution >= 0.6 is 0 Å². The number of rotatable bonds is 6. The fourth-order valence-corrected chi connectivity index (χ4v) is 3.09. The fourth-order valence-electron chi connectivity index (χ4n) is 3.09. The summed E-state index contributed by atoms with van der Waals surface area (Å²) in [5.41, 5.74) is 0.512. The molecule has 0 unspecified atom stereocenters. The maximum atomic E-state index is 12.6. The topological polar surface area (TPSA) is 86.0 Å². The SMILES string of the molecule is CCOC(=O)C1CCN(C(=O)c2cc(=O)c(OCc3ccccc3)co2)CC1. The van der Waals surface area contributed by atoms with Crippen LogP contribution in [0.1, 0.15) is 35.9 Å².